The van der Waals surface area contributed by atoms with Crippen LogP contribution < -0.4 is 5.56 Å². The van der Waals surface area contributed by atoms with Crippen LogP contribution in [0.4, 0.5) is 0 Å². The molecule has 0 aliphatic heterocycles. The van der Waals surface area contributed by atoms with Gasteiger partial charge in [-0.3, -0.25) is 9.78 Å². The van der Waals surface area contributed by atoms with Crippen LogP contribution in [-0.2, 0) is 0 Å². The summed E-state index contributed by atoms with van der Waals surface area (Å²) in [5.41, 5.74) is 4.69. The Labute approximate surface area is 170 Å². The number of pyridine rings is 2. The Morgan fingerprint density at radius 3 is 2.28 bits per heavy atom. The Kier molecular flexibility index (Phi) is 4.22. The molecule has 5 rings (SSSR count). The van der Waals surface area contributed by atoms with Crippen molar-refractivity contribution in [1.29, 1.82) is 0 Å². The number of aromatic hydroxyl groups is 1. The first-order valence-electron chi connectivity index (χ1n) is 9.15. The van der Waals surface area contributed by atoms with E-state index in [0.29, 0.717) is 21.3 Å². The van der Waals surface area contributed by atoms with Crippen molar-refractivity contribution in [3.63, 3.8) is 0 Å². The van der Waals surface area contributed by atoms with Gasteiger partial charge in [-0.2, -0.15) is 0 Å². The number of nitrogens with zero attached hydrogens (tertiary/aromatic N) is 1. The van der Waals surface area contributed by atoms with Crippen LogP contribution in [0, 0.1) is 0 Å². The van der Waals surface area contributed by atoms with E-state index in [1.807, 2.05) is 78.3 Å². The van der Waals surface area contributed by atoms with Gasteiger partial charge in [-0.1, -0.05) is 60.7 Å². The smallest absolute Gasteiger partial charge is 0.260 e. The maximum atomic E-state index is 12.6. The highest BCUT2D eigenvalue weighted by Crippen LogP contribution is 2.41. The number of rotatable bonds is 3. The molecule has 0 bridgehead atoms. The van der Waals surface area contributed by atoms with Crippen LogP contribution in [-0.4, -0.2) is 15.1 Å². The van der Waals surface area contributed by atoms with Gasteiger partial charge >= 0.3 is 0 Å². The molecule has 2 aromatic carbocycles. The van der Waals surface area contributed by atoms with Gasteiger partial charge in [0.15, 0.2) is 0 Å². The first-order valence-corrected chi connectivity index (χ1v) is 10.0. The lowest BCUT2D eigenvalue weighted by atomic mass is 9.99. The fraction of sp³-hybridized carbons (Fsp3) is 0. The summed E-state index contributed by atoms with van der Waals surface area (Å²) in [6, 6.07) is 21.3. The van der Waals surface area contributed by atoms with Gasteiger partial charge in [0.05, 0.1) is 10.9 Å². The predicted octanol–water partition coefficient (Wildman–Crippen LogP) is 5.69. The first-order chi connectivity index (χ1) is 14.2. The number of H-pyrrole nitrogens is 1. The molecule has 3 heterocycles. The largest absolute Gasteiger partial charge is 0.506 e. The molecule has 0 fully saturated rings. The first kappa shape index (κ1) is 17.4. The minimum Gasteiger partial charge on any atom is -0.506 e. The van der Waals surface area contributed by atoms with Crippen LogP contribution in [0.25, 0.3) is 43.6 Å². The molecule has 140 valence electrons. The Hall–Kier alpha value is -3.70. The fourth-order valence-electron chi connectivity index (χ4n) is 3.54. The lowest BCUT2D eigenvalue weighted by Gasteiger charge is -2.08. The third kappa shape index (κ3) is 3.02. The summed E-state index contributed by atoms with van der Waals surface area (Å²) in [4.78, 5) is 20.3. The Morgan fingerprint density at radius 2 is 1.55 bits per heavy atom. The molecular formula is C24H16N2O2S. The number of aromatic nitrogens is 2. The third-order valence-electron chi connectivity index (χ3n) is 4.97. The molecule has 0 atom stereocenters. The van der Waals surface area contributed by atoms with Crippen molar-refractivity contribution in [3.05, 3.63) is 94.9 Å². The van der Waals surface area contributed by atoms with E-state index in [-0.39, 0.29) is 11.3 Å². The molecule has 2 N–H and O–H groups in total. The molecular weight excluding hydrogens is 380 g/mol. The van der Waals surface area contributed by atoms with Crippen molar-refractivity contribution >= 4 is 21.6 Å². The van der Waals surface area contributed by atoms with Crippen LogP contribution in [0.15, 0.2) is 89.3 Å². The maximum Gasteiger partial charge on any atom is 0.260 e. The van der Waals surface area contributed by atoms with E-state index in [1.165, 1.54) is 11.3 Å². The molecule has 5 aromatic rings. The Balaban J connectivity index is 1.66. The average molecular weight is 396 g/mol. The van der Waals surface area contributed by atoms with E-state index in [2.05, 4.69) is 9.97 Å². The highest BCUT2D eigenvalue weighted by molar-refractivity contribution is 7.17. The zero-order valence-corrected chi connectivity index (χ0v) is 16.1. The summed E-state index contributed by atoms with van der Waals surface area (Å²) < 4.78 is 0. The van der Waals surface area contributed by atoms with E-state index in [4.69, 9.17) is 0 Å². The van der Waals surface area contributed by atoms with Gasteiger partial charge in [0, 0.05) is 23.3 Å². The molecule has 0 saturated carbocycles. The molecule has 5 heteroatoms. The molecule has 0 amide bonds. The molecule has 0 aliphatic rings. The zero-order chi connectivity index (χ0) is 19.8. The van der Waals surface area contributed by atoms with Gasteiger partial charge in [0.1, 0.15) is 10.6 Å². The number of hydrogen-bond donors (Lipinski definition) is 2. The van der Waals surface area contributed by atoms with Crippen molar-refractivity contribution in [2.75, 3.05) is 0 Å². The van der Waals surface area contributed by atoms with E-state index in [9.17, 15) is 9.90 Å². The van der Waals surface area contributed by atoms with Gasteiger partial charge in [0.25, 0.3) is 5.56 Å². The van der Waals surface area contributed by atoms with Crippen LogP contribution in [0.1, 0.15) is 0 Å². The maximum absolute atomic E-state index is 12.6. The number of fused-ring (bicyclic) bond motifs is 1. The highest BCUT2D eigenvalue weighted by atomic mass is 32.1. The minimum absolute atomic E-state index is 0.0162. The summed E-state index contributed by atoms with van der Waals surface area (Å²) in [7, 11) is 0. The van der Waals surface area contributed by atoms with Crippen LogP contribution in [0.2, 0.25) is 0 Å². The minimum atomic E-state index is -0.290. The lowest BCUT2D eigenvalue weighted by molar-refractivity contribution is 0.483. The van der Waals surface area contributed by atoms with E-state index in [1.54, 1.807) is 6.20 Å². The molecule has 0 unspecified atom stereocenters. The van der Waals surface area contributed by atoms with Crippen molar-refractivity contribution in [2.24, 2.45) is 0 Å². The predicted molar refractivity (Wildman–Crippen MR) is 118 cm³/mol. The summed E-state index contributed by atoms with van der Waals surface area (Å²) in [5, 5.41) is 13.7. The van der Waals surface area contributed by atoms with E-state index < -0.39 is 0 Å². The number of nitrogens with one attached hydrogen (secondary N) is 1. The topological polar surface area (TPSA) is 66.0 Å². The monoisotopic (exact) mass is 396 g/mol. The second kappa shape index (κ2) is 7.04. The average Bonchev–Trinajstić information content (AvgIpc) is 3.19. The van der Waals surface area contributed by atoms with Crippen LogP contribution in [0.5, 0.6) is 5.75 Å². The lowest BCUT2D eigenvalue weighted by Crippen LogP contribution is -2.08. The van der Waals surface area contributed by atoms with Gasteiger partial charge < -0.3 is 10.1 Å². The van der Waals surface area contributed by atoms with Gasteiger partial charge in [0.2, 0.25) is 0 Å². The fourth-order valence-corrected chi connectivity index (χ4v) is 4.51. The Morgan fingerprint density at radius 1 is 0.828 bits per heavy atom. The zero-order valence-electron chi connectivity index (χ0n) is 15.3. The second-order valence-electron chi connectivity index (χ2n) is 6.72. The SMILES string of the molecule is O=c1[nH]c2scc(-c3ccc(-c4cccnc4)cc3)c2c(O)c1-c1ccccc1. The quantitative estimate of drug-likeness (QED) is 0.412. The molecule has 3 aromatic heterocycles. The number of hydrogen-bond acceptors (Lipinski definition) is 4. The summed E-state index contributed by atoms with van der Waals surface area (Å²) in [5.74, 6) is 0.0162. The molecule has 0 aliphatic carbocycles. The number of benzene rings is 2. The second-order valence-corrected chi connectivity index (χ2v) is 7.60. The third-order valence-corrected chi connectivity index (χ3v) is 5.87. The van der Waals surface area contributed by atoms with Crippen molar-refractivity contribution in [3.8, 4) is 39.1 Å². The molecule has 4 nitrogen and oxygen atoms in total. The Bertz CT molecular complexity index is 1360. The van der Waals surface area contributed by atoms with Crippen molar-refractivity contribution < 1.29 is 5.11 Å². The van der Waals surface area contributed by atoms with Gasteiger partial charge in [-0.05, 0) is 28.3 Å². The van der Waals surface area contributed by atoms with Crippen molar-refractivity contribution in [1.82, 2.24) is 9.97 Å². The highest BCUT2D eigenvalue weighted by Gasteiger charge is 2.18. The number of aromatic amines is 1. The summed E-state index contributed by atoms with van der Waals surface area (Å²) in [6.07, 6.45) is 3.58. The summed E-state index contributed by atoms with van der Waals surface area (Å²) >= 11 is 1.42. The van der Waals surface area contributed by atoms with E-state index in [0.717, 1.165) is 22.3 Å². The van der Waals surface area contributed by atoms with Crippen LogP contribution >= 0.6 is 11.3 Å². The van der Waals surface area contributed by atoms with Crippen molar-refractivity contribution in [2.45, 2.75) is 0 Å². The molecule has 0 radical (unpaired) electrons. The molecule has 0 spiro atoms. The van der Waals surface area contributed by atoms with E-state index >= 15 is 0 Å². The van der Waals surface area contributed by atoms with Crippen LogP contribution in [0.3, 0.4) is 0 Å². The summed E-state index contributed by atoms with van der Waals surface area (Å²) in [6.45, 7) is 0. The molecule has 0 saturated heterocycles. The van der Waals surface area contributed by atoms with Gasteiger partial charge in [-0.15, -0.1) is 11.3 Å². The normalized spacial score (nSPS) is 11.0. The van der Waals surface area contributed by atoms with Gasteiger partial charge in [-0.25, -0.2) is 0 Å². The standard InChI is InChI=1S/C24H16N2O2S/c27-22-20(17-5-2-1-3-6-17)23(28)26-24-21(22)19(14-29-24)16-10-8-15(9-11-16)18-7-4-12-25-13-18/h1-14H,(H2,26,27,28). The molecule has 29 heavy (non-hydrogen) atoms. The number of thiophene rings is 1.